The van der Waals surface area contributed by atoms with Gasteiger partial charge in [0.25, 0.3) is 5.91 Å². The second-order valence-corrected chi connectivity index (χ2v) is 6.60. The third-order valence-electron chi connectivity index (χ3n) is 3.06. The quantitative estimate of drug-likeness (QED) is 0.295. The molecule has 134 valence electrons. The molecule has 0 saturated heterocycles. The molecule has 0 saturated carbocycles. The molecule has 0 N–H and O–H groups in total. The van der Waals surface area contributed by atoms with Crippen molar-refractivity contribution < 1.29 is 4.79 Å². The van der Waals surface area contributed by atoms with Crippen LogP contribution in [0.15, 0.2) is 53.3 Å². The van der Waals surface area contributed by atoms with E-state index in [1.165, 1.54) is 11.8 Å². The summed E-state index contributed by atoms with van der Waals surface area (Å²) in [5.74, 6) is 0.302. The molecule has 0 atom stereocenters. The van der Waals surface area contributed by atoms with Gasteiger partial charge in [-0.3, -0.25) is 4.79 Å². The summed E-state index contributed by atoms with van der Waals surface area (Å²) < 4.78 is 0. The maximum Gasteiger partial charge on any atom is 0.261 e. The van der Waals surface area contributed by atoms with E-state index < -0.39 is 0 Å². The number of thiazole rings is 1. The predicted molar refractivity (Wildman–Crippen MR) is 116 cm³/mol. The van der Waals surface area contributed by atoms with Gasteiger partial charge in [-0.25, -0.2) is 4.98 Å². The predicted octanol–water partition coefficient (Wildman–Crippen LogP) is 5.44. The van der Waals surface area contributed by atoms with Gasteiger partial charge in [0.2, 0.25) is 0 Å². The zero-order chi connectivity index (χ0) is 18.7. The molecule has 1 heterocycles. The molecule has 1 aromatic heterocycles. The highest BCUT2D eigenvalue weighted by molar-refractivity contribution is 8.03. The number of carbonyl (C=O) groups is 1. The van der Waals surface area contributed by atoms with E-state index in [0.717, 1.165) is 16.3 Å². The lowest BCUT2D eigenvalue weighted by Gasteiger charge is -2.19. The number of thiol groups is 1. The van der Waals surface area contributed by atoms with Gasteiger partial charge in [-0.2, -0.15) is 12.6 Å². The smallest absolute Gasteiger partial charge is 0.261 e. The molecule has 3 nitrogen and oxygen atoms in total. The van der Waals surface area contributed by atoms with Crippen LogP contribution < -0.4 is 0 Å². The van der Waals surface area contributed by atoms with Crippen molar-refractivity contribution in [1.82, 2.24) is 9.88 Å². The molecule has 25 heavy (non-hydrogen) atoms. The second kappa shape index (κ2) is 12.0. The van der Waals surface area contributed by atoms with Crippen molar-refractivity contribution in [3.05, 3.63) is 59.0 Å². The molecule has 2 rings (SSSR count). The van der Waals surface area contributed by atoms with Crippen LogP contribution in [0.1, 0.15) is 19.5 Å². The van der Waals surface area contributed by atoms with Gasteiger partial charge < -0.3 is 4.90 Å². The summed E-state index contributed by atoms with van der Waals surface area (Å²) in [6, 6.07) is 10.0. The molecular weight excluding hydrogens is 368 g/mol. The van der Waals surface area contributed by atoms with Crippen LogP contribution in [0.4, 0.5) is 0 Å². The van der Waals surface area contributed by atoms with Crippen molar-refractivity contribution in [2.75, 3.05) is 18.7 Å². The lowest BCUT2D eigenvalue weighted by molar-refractivity contribution is -0.124. The van der Waals surface area contributed by atoms with Gasteiger partial charge in [0.1, 0.15) is 5.01 Å². The molecule has 0 aliphatic rings. The summed E-state index contributed by atoms with van der Waals surface area (Å²) in [7, 11) is 0. The highest BCUT2D eigenvalue weighted by Crippen LogP contribution is 2.26. The van der Waals surface area contributed by atoms with E-state index >= 15 is 0 Å². The molecule has 0 aliphatic heterocycles. The fraction of sp³-hybridized carbons (Fsp3) is 0.263. The normalized spacial score (nSPS) is 10.6. The topological polar surface area (TPSA) is 33.2 Å². The van der Waals surface area contributed by atoms with Crippen molar-refractivity contribution >= 4 is 47.7 Å². The van der Waals surface area contributed by atoms with Crippen molar-refractivity contribution in [3.8, 4) is 10.6 Å². The first-order chi connectivity index (χ1) is 12.2. The van der Waals surface area contributed by atoms with Gasteiger partial charge in [0.15, 0.2) is 0 Å². The maximum absolute atomic E-state index is 12.5. The molecule has 0 bridgehead atoms. The minimum Gasteiger partial charge on any atom is -0.325 e. The van der Waals surface area contributed by atoms with Crippen LogP contribution >= 0.6 is 35.7 Å². The van der Waals surface area contributed by atoms with E-state index in [1.807, 2.05) is 61.9 Å². The minimum atomic E-state index is -0.0540. The lowest BCUT2D eigenvalue weighted by atomic mass is 10.2. The van der Waals surface area contributed by atoms with Gasteiger partial charge in [-0.1, -0.05) is 50.3 Å². The van der Waals surface area contributed by atoms with Gasteiger partial charge in [0.05, 0.1) is 16.5 Å². The summed E-state index contributed by atoms with van der Waals surface area (Å²) in [5, 5.41) is 2.91. The molecule has 2 aromatic rings. The van der Waals surface area contributed by atoms with Crippen LogP contribution in [-0.4, -0.2) is 34.5 Å². The highest BCUT2D eigenvalue weighted by atomic mass is 32.2. The Morgan fingerprint density at radius 2 is 2.04 bits per heavy atom. The molecule has 0 radical (unpaired) electrons. The van der Waals surface area contributed by atoms with E-state index in [2.05, 4.69) is 24.2 Å². The Balaban J connectivity index is 0.00000151. The van der Waals surface area contributed by atoms with Crippen LogP contribution in [0.3, 0.4) is 0 Å². The van der Waals surface area contributed by atoms with Gasteiger partial charge in [-0.15, -0.1) is 29.7 Å². The first kappa shape index (κ1) is 21.5. The number of carbonyl (C=O) groups excluding carboxylic acids is 1. The van der Waals surface area contributed by atoms with E-state index in [-0.39, 0.29) is 5.91 Å². The SMILES string of the molecule is C=CCN(CS)C(=O)/C(=C\c1csc(-c2ccccc2)n1)SC.CC. The fourth-order valence-electron chi connectivity index (χ4n) is 1.92. The molecule has 0 aliphatic carbocycles. The van der Waals surface area contributed by atoms with Crippen molar-refractivity contribution in [2.45, 2.75) is 13.8 Å². The Bertz CT molecular complexity index is 696. The number of hydrogen-bond acceptors (Lipinski definition) is 5. The van der Waals surface area contributed by atoms with Crippen LogP contribution in [0, 0.1) is 0 Å². The van der Waals surface area contributed by atoms with Crippen LogP contribution in [0.2, 0.25) is 0 Å². The standard InChI is InChI=1S/C17H18N2OS3.C2H6/c1-3-9-19(12-21)17(20)15(22-2)10-14-11-23-16(18-14)13-7-5-4-6-8-13;1-2/h3-8,10-11,21H,1,9,12H2,2H3;1-2H3/b15-10+;. The van der Waals surface area contributed by atoms with Crippen molar-refractivity contribution in [1.29, 1.82) is 0 Å². The second-order valence-electron chi connectivity index (χ2n) is 4.61. The zero-order valence-electron chi connectivity index (χ0n) is 14.8. The molecule has 6 heteroatoms. The van der Waals surface area contributed by atoms with Gasteiger partial charge in [-0.05, 0) is 12.3 Å². The summed E-state index contributed by atoms with van der Waals surface area (Å²) in [6.45, 7) is 8.15. The number of benzene rings is 1. The minimum absolute atomic E-state index is 0.0540. The van der Waals surface area contributed by atoms with Crippen molar-refractivity contribution in [3.63, 3.8) is 0 Å². The lowest BCUT2D eigenvalue weighted by Crippen LogP contribution is -2.30. The van der Waals surface area contributed by atoms with Crippen LogP contribution in [0.25, 0.3) is 16.6 Å². The fourth-order valence-corrected chi connectivity index (χ4v) is 3.49. The molecule has 0 unspecified atom stereocenters. The first-order valence-electron chi connectivity index (χ1n) is 7.97. The van der Waals surface area contributed by atoms with E-state index in [0.29, 0.717) is 17.3 Å². The monoisotopic (exact) mass is 392 g/mol. The number of rotatable bonds is 7. The molecule has 1 aromatic carbocycles. The Labute approximate surface area is 164 Å². The number of hydrogen-bond donors (Lipinski definition) is 1. The van der Waals surface area contributed by atoms with Crippen molar-refractivity contribution in [2.24, 2.45) is 0 Å². The van der Waals surface area contributed by atoms with Gasteiger partial charge >= 0.3 is 0 Å². The molecule has 0 fully saturated rings. The summed E-state index contributed by atoms with van der Waals surface area (Å²) in [4.78, 5) is 19.4. The summed E-state index contributed by atoms with van der Waals surface area (Å²) in [6.07, 6.45) is 5.41. The summed E-state index contributed by atoms with van der Waals surface area (Å²) >= 11 is 7.19. The Morgan fingerprint density at radius 1 is 1.36 bits per heavy atom. The van der Waals surface area contributed by atoms with E-state index in [4.69, 9.17) is 0 Å². The average Bonchev–Trinajstić information content (AvgIpc) is 3.14. The first-order valence-corrected chi connectivity index (χ1v) is 10.7. The number of nitrogens with zero attached hydrogens (tertiary/aromatic N) is 2. The Morgan fingerprint density at radius 3 is 2.60 bits per heavy atom. The largest absolute Gasteiger partial charge is 0.325 e. The number of thioether (sulfide) groups is 1. The van der Waals surface area contributed by atoms with Crippen LogP contribution in [-0.2, 0) is 4.79 Å². The maximum atomic E-state index is 12.5. The highest BCUT2D eigenvalue weighted by Gasteiger charge is 2.16. The third-order valence-corrected chi connectivity index (χ3v) is 5.04. The average molecular weight is 393 g/mol. The molecule has 0 spiro atoms. The van der Waals surface area contributed by atoms with Crippen LogP contribution in [0.5, 0.6) is 0 Å². The van der Waals surface area contributed by atoms with Gasteiger partial charge in [0, 0.05) is 17.5 Å². The Kier molecular flexibility index (Phi) is 10.3. The molecule has 1 amide bonds. The zero-order valence-corrected chi connectivity index (χ0v) is 17.3. The van der Waals surface area contributed by atoms with E-state index in [1.54, 1.807) is 22.3 Å². The molecular formula is C19H24N2OS3. The Hall–Kier alpha value is -1.50. The number of amides is 1. The number of aromatic nitrogens is 1. The third kappa shape index (κ3) is 6.38. The van der Waals surface area contributed by atoms with E-state index in [9.17, 15) is 4.79 Å². The summed E-state index contributed by atoms with van der Waals surface area (Å²) in [5.41, 5.74) is 1.88.